The molecule has 3 atom stereocenters. The first-order chi connectivity index (χ1) is 7.17. The number of rotatable bonds is 2. The Bertz CT molecular complexity index is 211. The smallest absolute Gasteiger partial charge is 0.119 e. The fourth-order valence-electron chi connectivity index (χ4n) is 3.13. The van der Waals surface area contributed by atoms with Crippen molar-refractivity contribution in [3.63, 3.8) is 0 Å². The quantitative estimate of drug-likeness (QED) is 0.758. The molecule has 1 aliphatic heterocycles. The van der Waals surface area contributed by atoms with E-state index in [4.69, 9.17) is 4.74 Å². The van der Waals surface area contributed by atoms with Crippen LogP contribution < -0.4 is 5.32 Å². The third kappa shape index (κ3) is 2.21. The zero-order chi connectivity index (χ0) is 10.9. The average Bonchev–Trinajstić information content (AvgIpc) is 2.55. The van der Waals surface area contributed by atoms with Crippen LogP contribution in [0.25, 0.3) is 0 Å². The van der Waals surface area contributed by atoms with Crippen molar-refractivity contribution in [1.29, 1.82) is 0 Å². The molecule has 0 aromatic rings. The van der Waals surface area contributed by atoms with Gasteiger partial charge in [-0.05, 0) is 38.5 Å². The maximum absolute atomic E-state index is 6.21. The van der Waals surface area contributed by atoms with Crippen molar-refractivity contribution >= 4 is 0 Å². The maximum atomic E-state index is 6.21. The van der Waals surface area contributed by atoms with Crippen molar-refractivity contribution < 1.29 is 4.74 Å². The predicted molar refractivity (Wildman–Crippen MR) is 62.7 cm³/mol. The first kappa shape index (κ1) is 11.4. The minimum Gasteiger partial charge on any atom is -0.356 e. The topological polar surface area (TPSA) is 21.3 Å². The molecule has 0 amide bonds. The fraction of sp³-hybridized carbons (Fsp3) is 1.00. The van der Waals surface area contributed by atoms with E-state index in [1.807, 2.05) is 0 Å². The van der Waals surface area contributed by atoms with Crippen molar-refractivity contribution in [2.45, 2.75) is 77.2 Å². The third-order valence-corrected chi connectivity index (χ3v) is 4.27. The summed E-state index contributed by atoms with van der Waals surface area (Å²) < 4.78 is 6.21. The van der Waals surface area contributed by atoms with Gasteiger partial charge in [0, 0.05) is 6.04 Å². The molecule has 1 heterocycles. The van der Waals surface area contributed by atoms with E-state index in [9.17, 15) is 0 Å². The minimum atomic E-state index is 0.0474. The summed E-state index contributed by atoms with van der Waals surface area (Å²) in [5.41, 5.74) is 0.0474. The van der Waals surface area contributed by atoms with Gasteiger partial charge < -0.3 is 4.74 Å². The Hall–Kier alpha value is -0.0800. The van der Waals surface area contributed by atoms with Crippen molar-refractivity contribution in [2.24, 2.45) is 5.92 Å². The Kier molecular flexibility index (Phi) is 3.36. The summed E-state index contributed by atoms with van der Waals surface area (Å²) in [5, 5.41) is 3.78. The van der Waals surface area contributed by atoms with E-state index in [1.165, 1.54) is 38.5 Å². The van der Waals surface area contributed by atoms with E-state index in [0.29, 0.717) is 12.1 Å². The summed E-state index contributed by atoms with van der Waals surface area (Å²) in [7, 11) is 0. The largest absolute Gasteiger partial charge is 0.356 e. The first-order valence-electron chi connectivity index (χ1n) is 6.62. The fourth-order valence-corrected chi connectivity index (χ4v) is 3.13. The highest BCUT2D eigenvalue weighted by molar-refractivity contribution is 4.96. The molecule has 0 radical (unpaired) electrons. The zero-order valence-corrected chi connectivity index (χ0v) is 10.4. The lowest BCUT2D eigenvalue weighted by Gasteiger charge is -2.33. The summed E-state index contributed by atoms with van der Waals surface area (Å²) in [4.78, 5) is 0. The molecule has 1 saturated carbocycles. The number of hydrogen-bond acceptors (Lipinski definition) is 2. The Morgan fingerprint density at radius 3 is 2.60 bits per heavy atom. The Labute approximate surface area is 93.8 Å². The predicted octanol–water partition coefficient (Wildman–Crippen LogP) is 3.07. The van der Waals surface area contributed by atoms with Crippen LogP contribution in [0.5, 0.6) is 0 Å². The maximum Gasteiger partial charge on any atom is 0.119 e. The van der Waals surface area contributed by atoms with Gasteiger partial charge in [0.25, 0.3) is 0 Å². The SMILES string of the molecule is CCC(C)[C@H]1NC2(CCCCC2)O[C@H]1C. The second-order valence-electron chi connectivity index (χ2n) is 5.43. The second-order valence-corrected chi connectivity index (χ2v) is 5.43. The highest BCUT2D eigenvalue weighted by Gasteiger charge is 2.45. The van der Waals surface area contributed by atoms with Crippen LogP contribution in [-0.4, -0.2) is 17.9 Å². The van der Waals surface area contributed by atoms with Gasteiger partial charge in [0.2, 0.25) is 0 Å². The molecule has 2 aliphatic rings. The number of hydrogen-bond donors (Lipinski definition) is 1. The Morgan fingerprint density at radius 2 is 2.00 bits per heavy atom. The summed E-state index contributed by atoms with van der Waals surface area (Å²) in [5.74, 6) is 0.723. The van der Waals surface area contributed by atoms with E-state index in [-0.39, 0.29) is 5.72 Å². The van der Waals surface area contributed by atoms with Gasteiger partial charge in [0.15, 0.2) is 0 Å². The third-order valence-electron chi connectivity index (χ3n) is 4.27. The van der Waals surface area contributed by atoms with E-state index < -0.39 is 0 Å². The van der Waals surface area contributed by atoms with Crippen LogP contribution in [0.2, 0.25) is 0 Å². The summed E-state index contributed by atoms with van der Waals surface area (Å²) >= 11 is 0. The molecule has 15 heavy (non-hydrogen) atoms. The van der Waals surface area contributed by atoms with Crippen molar-refractivity contribution in [3.8, 4) is 0 Å². The number of ether oxygens (including phenoxy) is 1. The van der Waals surface area contributed by atoms with E-state index in [2.05, 4.69) is 26.1 Å². The van der Waals surface area contributed by atoms with E-state index in [0.717, 1.165) is 5.92 Å². The van der Waals surface area contributed by atoms with Gasteiger partial charge in [-0.1, -0.05) is 26.7 Å². The molecule has 1 unspecified atom stereocenters. The molecule has 1 aliphatic carbocycles. The lowest BCUT2D eigenvalue weighted by atomic mass is 9.90. The van der Waals surface area contributed by atoms with Gasteiger partial charge in [-0.15, -0.1) is 0 Å². The first-order valence-corrected chi connectivity index (χ1v) is 6.62. The highest BCUT2D eigenvalue weighted by atomic mass is 16.5. The Morgan fingerprint density at radius 1 is 1.33 bits per heavy atom. The normalized spacial score (nSPS) is 37.0. The molecule has 1 saturated heterocycles. The van der Waals surface area contributed by atoms with Gasteiger partial charge in [0.1, 0.15) is 5.72 Å². The molecule has 0 aromatic heterocycles. The van der Waals surface area contributed by atoms with Crippen molar-refractivity contribution in [1.82, 2.24) is 5.32 Å². The van der Waals surface area contributed by atoms with Crippen LogP contribution in [0, 0.1) is 5.92 Å². The molecule has 2 heteroatoms. The summed E-state index contributed by atoms with van der Waals surface area (Å²) in [6, 6.07) is 0.563. The lowest BCUT2D eigenvalue weighted by molar-refractivity contribution is -0.0685. The molecule has 1 spiro atoms. The molecule has 0 aromatic carbocycles. The van der Waals surface area contributed by atoms with E-state index >= 15 is 0 Å². The molecule has 2 rings (SSSR count). The monoisotopic (exact) mass is 211 g/mol. The molecular formula is C13H25NO. The van der Waals surface area contributed by atoms with Crippen LogP contribution in [0.15, 0.2) is 0 Å². The van der Waals surface area contributed by atoms with Crippen LogP contribution >= 0.6 is 0 Å². The Balaban J connectivity index is 2.01. The van der Waals surface area contributed by atoms with E-state index in [1.54, 1.807) is 0 Å². The van der Waals surface area contributed by atoms with Crippen LogP contribution in [0.4, 0.5) is 0 Å². The van der Waals surface area contributed by atoms with Gasteiger partial charge in [-0.3, -0.25) is 5.32 Å². The molecular weight excluding hydrogens is 186 g/mol. The van der Waals surface area contributed by atoms with Gasteiger partial charge in [0.05, 0.1) is 6.10 Å². The average molecular weight is 211 g/mol. The second kappa shape index (κ2) is 4.42. The van der Waals surface area contributed by atoms with Gasteiger partial charge >= 0.3 is 0 Å². The van der Waals surface area contributed by atoms with Crippen LogP contribution in [0.1, 0.15) is 59.3 Å². The van der Waals surface area contributed by atoms with Gasteiger partial charge in [-0.2, -0.15) is 0 Å². The molecule has 2 fully saturated rings. The van der Waals surface area contributed by atoms with Gasteiger partial charge in [-0.25, -0.2) is 0 Å². The number of nitrogens with one attached hydrogen (secondary N) is 1. The highest BCUT2D eigenvalue weighted by Crippen LogP contribution is 2.37. The van der Waals surface area contributed by atoms with Crippen LogP contribution in [-0.2, 0) is 4.74 Å². The van der Waals surface area contributed by atoms with Crippen LogP contribution in [0.3, 0.4) is 0 Å². The molecule has 88 valence electrons. The summed E-state index contributed by atoms with van der Waals surface area (Å²) in [6.07, 6.45) is 8.09. The summed E-state index contributed by atoms with van der Waals surface area (Å²) in [6.45, 7) is 6.83. The lowest BCUT2D eigenvalue weighted by Crippen LogP contribution is -2.47. The molecule has 0 bridgehead atoms. The van der Waals surface area contributed by atoms with Crippen molar-refractivity contribution in [2.75, 3.05) is 0 Å². The minimum absolute atomic E-state index is 0.0474. The molecule has 2 nitrogen and oxygen atoms in total. The zero-order valence-electron chi connectivity index (χ0n) is 10.4. The standard InChI is InChI=1S/C13H25NO/c1-4-10(2)12-11(3)15-13(14-12)8-6-5-7-9-13/h10-12,14H,4-9H2,1-3H3/t10?,11-,12+/m0/s1. The van der Waals surface area contributed by atoms with Crippen molar-refractivity contribution in [3.05, 3.63) is 0 Å². The molecule has 1 N–H and O–H groups in total.